The van der Waals surface area contributed by atoms with Gasteiger partial charge in [0.25, 0.3) is 0 Å². The fraction of sp³-hybridized carbons (Fsp3) is 0.312. The molecule has 3 aromatic rings. The molecule has 1 aliphatic carbocycles. The first-order valence-electron chi connectivity index (χ1n) is 7.60. The Morgan fingerprint density at radius 3 is 2.96 bits per heavy atom. The number of rotatable bonds is 5. The van der Waals surface area contributed by atoms with E-state index >= 15 is 0 Å². The molecule has 0 unspecified atom stereocenters. The third kappa shape index (κ3) is 2.87. The van der Waals surface area contributed by atoms with Crippen molar-refractivity contribution in [2.24, 2.45) is 5.92 Å². The van der Waals surface area contributed by atoms with Gasteiger partial charge in [-0.25, -0.2) is 14.1 Å². The van der Waals surface area contributed by atoms with Crippen LogP contribution in [0.3, 0.4) is 0 Å². The summed E-state index contributed by atoms with van der Waals surface area (Å²) in [6, 6.07) is 4.87. The van der Waals surface area contributed by atoms with Gasteiger partial charge in [-0.3, -0.25) is 0 Å². The first kappa shape index (κ1) is 15.5. The number of ether oxygens (including phenoxy) is 1. The highest BCUT2D eigenvalue weighted by atomic mass is 79.9. The van der Waals surface area contributed by atoms with Gasteiger partial charge in [0.15, 0.2) is 0 Å². The smallest absolute Gasteiger partial charge is 0.224 e. The molecule has 1 aromatic carbocycles. The molecule has 1 aliphatic rings. The maximum atomic E-state index is 13.2. The number of nitrogens with zero attached hydrogens (tertiary/aromatic N) is 4. The van der Waals surface area contributed by atoms with Gasteiger partial charge in [-0.15, -0.1) is 5.10 Å². The first-order chi connectivity index (χ1) is 11.7. The zero-order valence-corrected chi connectivity index (χ0v) is 14.2. The Labute approximate surface area is 145 Å². The van der Waals surface area contributed by atoms with Crippen molar-refractivity contribution in [2.75, 3.05) is 0 Å². The molecule has 2 heterocycles. The lowest BCUT2D eigenvalue weighted by Gasteiger charge is -2.10. The average molecular weight is 393 g/mol. The first-order valence-corrected chi connectivity index (χ1v) is 8.40. The standard InChI is InChI=1S/C16H14BrFN4O2/c17-14-13(24-16-10(8-23)5-11(18)6-19-16)4-3-12-15(14)20-21-22(12)7-9-1-2-9/h3-6,9,23H,1-2,7-8H2. The summed E-state index contributed by atoms with van der Waals surface area (Å²) in [7, 11) is 0. The number of aliphatic hydroxyl groups excluding tert-OH is 1. The molecule has 0 spiro atoms. The lowest BCUT2D eigenvalue weighted by atomic mass is 10.2. The summed E-state index contributed by atoms with van der Waals surface area (Å²) in [5, 5.41) is 17.8. The number of hydrogen-bond acceptors (Lipinski definition) is 5. The van der Waals surface area contributed by atoms with E-state index < -0.39 is 5.82 Å². The Hall–Kier alpha value is -2.06. The molecule has 0 radical (unpaired) electrons. The highest BCUT2D eigenvalue weighted by Gasteiger charge is 2.24. The second-order valence-electron chi connectivity index (χ2n) is 5.84. The molecule has 0 aliphatic heterocycles. The van der Waals surface area contributed by atoms with E-state index in [2.05, 4.69) is 31.2 Å². The number of hydrogen-bond donors (Lipinski definition) is 1. The minimum atomic E-state index is -0.524. The molecular formula is C16H14BrFN4O2. The third-order valence-electron chi connectivity index (χ3n) is 3.99. The van der Waals surface area contributed by atoms with Crippen molar-refractivity contribution in [3.05, 3.63) is 40.2 Å². The van der Waals surface area contributed by atoms with E-state index in [-0.39, 0.29) is 18.1 Å². The number of benzene rings is 1. The van der Waals surface area contributed by atoms with Crippen LogP contribution in [-0.4, -0.2) is 25.1 Å². The van der Waals surface area contributed by atoms with Crippen LogP contribution in [0.2, 0.25) is 0 Å². The van der Waals surface area contributed by atoms with Crippen LogP contribution in [-0.2, 0) is 13.2 Å². The monoisotopic (exact) mass is 392 g/mol. The van der Waals surface area contributed by atoms with Crippen molar-refractivity contribution in [1.29, 1.82) is 0 Å². The summed E-state index contributed by atoms with van der Waals surface area (Å²) in [5.74, 6) is 0.808. The Balaban J connectivity index is 1.68. The van der Waals surface area contributed by atoms with Gasteiger partial charge in [-0.05, 0) is 52.9 Å². The summed E-state index contributed by atoms with van der Waals surface area (Å²) in [4.78, 5) is 3.90. The zero-order chi connectivity index (χ0) is 16.7. The molecule has 2 aromatic heterocycles. The highest BCUT2D eigenvalue weighted by Crippen LogP contribution is 2.36. The zero-order valence-electron chi connectivity index (χ0n) is 12.6. The van der Waals surface area contributed by atoms with Gasteiger partial charge in [0, 0.05) is 12.1 Å². The van der Waals surface area contributed by atoms with E-state index in [9.17, 15) is 9.50 Å². The SMILES string of the molecule is OCc1cc(F)cnc1Oc1ccc2c(nnn2CC2CC2)c1Br. The third-order valence-corrected chi connectivity index (χ3v) is 4.75. The fourth-order valence-corrected chi connectivity index (χ4v) is 3.02. The Morgan fingerprint density at radius 2 is 2.21 bits per heavy atom. The summed E-state index contributed by atoms with van der Waals surface area (Å²) in [5.41, 5.74) is 1.90. The van der Waals surface area contributed by atoms with Crippen molar-refractivity contribution in [3.63, 3.8) is 0 Å². The Bertz CT molecular complexity index is 910. The molecule has 24 heavy (non-hydrogen) atoms. The molecule has 0 saturated heterocycles. The minimum Gasteiger partial charge on any atom is -0.437 e. The average Bonchev–Trinajstić information content (AvgIpc) is 3.30. The molecule has 1 saturated carbocycles. The van der Waals surface area contributed by atoms with E-state index in [1.807, 2.05) is 10.7 Å². The molecular weight excluding hydrogens is 379 g/mol. The quantitative estimate of drug-likeness (QED) is 0.719. The summed E-state index contributed by atoms with van der Waals surface area (Å²) < 4.78 is 21.5. The Kier molecular flexibility index (Phi) is 3.93. The van der Waals surface area contributed by atoms with Crippen molar-refractivity contribution in [2.45, 2.75) is 26.0 Å². The van der Waals surface area contributed by atoms with Crippen molar-refractivity contribution >= 4 is 27.0 Å². The Morgan fingerprint density at radius 1 is 1.38 bits per heavy atom. The maximum Gasteiger partial charge on any atom is 0.224 e. The molecule has 8 heteroatoms. The van der Waals surface area contributed by atoms with E-state index in [4.69, 9.17) is 4.74 Å². The van der Waals surface area contributed by atoms with Crippen LogP contribution < -0.4 is 4.74 Å². The number of aromatic nitrogens is 4. The predicted octanol–water partition coefficient (Wildman–Crippen LogP) is 3.42. The van der Waals surface area contributed by atoms with Crippen LogP contribution in [0.4, 0.5) is 4.39 Å². The van der Waals surface area contributed by atoms with Crippen LogP contribution in [0.5, 0.6) is 11.6 Å². The largest absolute Gasteiger partial charge is 0.437 e. The molecule has 1 fully saturated rings. The lowest BCUT2D eigenvalue weighted by Crippen LogP contribution is -2.01. The van der Waals surface area contributed by atoms with Crippen LogP contribution in [0.15, 0.2) is 28.9 Å². The van der Waals surface area contributed by atoms with Gasteiger partial charge in [-0.1, -0.05) is 5.21 Å². The van der Waals surface area contributed by atoms with Gasteiger partial charge in [-0.2, -0.15) is 0 Å². The van der Waals surface area contributed by atoms with Crippen LogP contribution in [0, 0.1) is 11.7 Å². The van der Waals surface area contributed by atoms with E-state index in [0.717, 1.165) is 18.3 Å². The fourth-order valence-electron chi connectivity index (χ4n) is 2.52. The van der Waals surface area contributed by atoms with Gasteiger partial charge in [0.2, 0.25) is 5.88 Å². The lowest BCUT2D eigenvalue weighted by molar-refractivity contribution is 0.274. The summed E-state index contributed by atoms with van der Waals surface area (Å²) in [6.07, 6.45) is 3.53. The highest BCUT2D eigenvalue weighted by molar-refractivity contribution is 9.10. The van der Waals surface area contributed by atoms with Crippen molar-refractivity contribution in [3.8, 4) is 11.6 Å². The normalized spacial score (nSPS) is 14.3. The molecule has 124 valence electrons. The summed E-state index contributed by atoms with van der Waals surface area (Å²) in [6.45, 7) is 0.509. The summed E-state index contributed by atoms with van der Waals surface area (Å²) >= 11 is 3.49. The molecule has 0 atom stereocenters. The van der Waals surface area contributed by atoms with Crippen molar-refractivity contribution in [1.82, 2.24) is 20.0 Å². The predicted molar refractivity (Wildman–Crippen MR) is 88.1 cm³/mol. The molecule has 1 N–H and O–H groups in total. The number of fused-ring (bicyclic) bond motifs is 1. The van der Waals surface area contributed by atoms with Gasteiger partial charge >= 0.3 is 0 Å². The van der Waals surface area contributed by atoms with Crippen LogP contribution >= 0.6 is 15.9 Å². The molecule has 0 amide bonds. The topological polar surface area (TPSA) is 73.1 Å². The van der Waals surface area contributed by atoms with E-state index in [1.165, 1.54) is 18.9 Å². The second-order valence-corrected chi connectivity index (χ2v) is 6.63. The van der Waals surface area contributed by atoms with Crippen LogP contribution in [0.25, 0.3) is 11.0 Å². The van der Waals surface area contributed by atoms with Crippen molar-refractivity contribution < 1.29 is 14.2 Å². The maximum absolute atomic E-state index is 13.2. The number of halogens is 2. The van der Waals surface area contributed by atoms with E-state index in [0.29, 0.717) is 21.7 Å². The second kappa shape index (κ2) is 6.10. The number of aliphatic hydroxyl groups is 1. The minimum absolute atomic E-state index is 0.157. The van der Waals surface area contributed by atoms with Gasteiger partial charge in [0.1, 0.15) is 17.1 Å². The van der Waals surface area contributed by atoms with E-state index in [1.54, 1.807) is 6.07 Å². The number of pyridine rings is 1. The molecule has 4 rings (SSSR count). The van der Waals surface area contributed by atoms with Gasteiger partial charge in [0.05, 0.1) is 22.8 Å². The van der Waals surface area contributed by atoms with Gasteiger partial charge < -0.3 is 9.84 Å². The van der Waals surface area contributed by atoms with Crippen LogP contribution in [0.1, 0.15) is 18.4 Å². The molecule has 6 nitrogen and oxygen atoms in total. The molecule has 0 bridgehead atoms.